The molecule has 1 amide bonds. The van der Waals surface area contributed by atoms with Gasteiger partial charge in [-0.25, -0.2) is 4.39 Å². The average molecular weight is 479 g/mol. The van der Waals surface area contributed by atoms with Crippen LogP contribution >= 0.6 is 11.8 Å². The zero-order valence-electron chi connectivity index (χ0n) is 19.4. The third kappa shape index (κ3) is 5.39. The second kappa shape index (κ2) is 10.7. The van der Waals surface area contributed by atoms with Gasteiger partial charge in [0, 0.05) is 12.1 Å². The number of amides is 1. The summed E-state index contributed by atoms with van der Waals surface area (Å²) in [4.78, 5) is 14.9. The Kier molecular flexibility index (Phi) is 7.47. The fraction of sp³-hybridized carbons (Fsp3) is 0.269. The Hall–Kier alpha value is -3.39. The van der Waals surface area contributed by atoms with Gasteiger partial charge >= 0.3 is 0 Å². The Morgan fingerprint density at radius 2 is 1.94 bits per heavy atom. The molecule has 6 nitrogen and oxygen atoms in total. The summed E-state index contributed by atoms with van der Waals surface area (Å²) in [6.45, 7) is 6.94. The SMILES string of the molecule is CCN(C(=O)CSc1nnc(-c2cccc(C)c2)n1Cc1ccco1)C(C)c1ccc(F)cc1. The number of hydrogen-bond acceptors (Lipinski definition) is 5. The number of benzene rings is 2. The van der Waals surface area contributed by atoms with E-state index in [9.17, 15) is 9.18 Å². The Bertz CT molecular complexity index is 1240. The second-order valence-corrected chi connectivity index (χ2v) is 8.98. The number of aryl methyl sites for hydroxylation is 1. The smallest absolute Gasteiger partial charge is 0.233 e. The van der Waals surface area contributed by atoms with Crippen LogP contribution in [0.2, 0.25) is 0 Å². The molecule has 0 saturated heterocycles. The van der Waals surface area contributed by atoms with Crippen molar-refractivity contribution >= 4 is 17.7 Å². The summed E-state index contributed by atoms with van der Waals surface area (Å²) in [6, 6.07) is 17.9. The van der Waals surface area contributed by atoms with Crippen LogP contribution in [0.3, 0.4) is 0 Å². The molecule has 0 N–H and O–H groups in total. The molecule has 2 aromatic heterocycles. The number of halogens is 1. The van der Waals surface area contributed by atoms with Crippen molar-refractivity contribution in [3.8, 4) is 11.4 Å². The molecular weight excluding hydrogens is 451 g/mol. The highest BCUT2D eigenvalue weighted by Gasteiger charge is 2.22. The van der Waals surface area contributed by atoms with E-state index in [1.807, 2.05) is 55.7 Å². The van der Waals surface area contributed by atoms with Crippen molar-refractivity contribution in [2.45, 2.75) is 38.5 Å². The van der Waals surface area contributed by atoms with Crippen LogP contribution in [0.4, 0.5) is 4.39 Å². The van der Waals surface area contributed by atoms with Gasteiger partial charge in [-0.3, -0.25) is 9.36 Å². The van der Waals surface area contributed by atoms with E-state index in [2.05, 4.69) is 16.3 Å². The molecule has 176 valence electrons. The molecule has 0 radical (unpaired) electrons. The summed E-state index contributed by atoms with van der Waals surface area (Å²) in [6.07, 6.45) is 1.64. The lowest BCUT2D eigenvalue weighted by atomic mass is 10.1. The van der Waals surface area contributed by atoms with Gasteiger partial charge in [0.05, 0.1) is 24.6 Å². The molecule has 0 fully saturated rings. The molecule has 0 aliphatic rings. The Balaban J connectivity index is 1.54. The molecule has 34 heavy (non-hydrogen) atoms. The van der Waals surface area contributed by atoms with E-state index >= 15 is 0 Å². The molecule has 4 aromatic rings. The van der Waals surface area contributed by atoms with Crippen molar-refractivity contribution in [3.63, 3.8) is 0 Å². The molecule has 4 rings (SSSR count). The van der Waals surface area contributed by atoms with E-state index in [-0.39, 0.29) is 23.5 Å². The lowest BCUT2D eigenvalue weighted by molar-refractivity contribution is -0.130. The normalized spacial score (nSPS) is 12.0. The predicted molar refractivity (Wildman–Crippen MR) is 131 cm³/mol. The maximum absolute atomic E-state index is 13.3. The van der Waals surface area contributed by atoms with E-state index in [0.29, 0.717) is 18.2 Å². The number of hydrogen-bond donors (Lipinski definition) is 0. The fourth-order valence-electron chi connectivity index (χ4n) is 3.89. The molecule has 0 saturated carbocycles. The number of aromatic nitrogens is 3. The van der Waals surface area contributed by atoms with Crippen molar-refractivity contribution in [1.82, 2.24) is 19.7 Å². The predicted octanol–water partition coefficient (Wildman–Crippen LogP) is 5.74. The van der Waals surface area contributed by atoms with Gasteiger partial charge in [-0.05, 0) is 56.7 Å². The number of nitrogens with zero attached hydrogens (tertiary/aromatic N) is 4. The average Bonchev–Trinajstić information content (AvgIpc) is 3.49. The second-order valence-electron chi connectivity index (χ2n) is 8.04. The molecule has 0 bridgehead atoms. The number of thioether (sulfide) groups is 1. The lowest BCUT2D eigenvalue weighted by Crippen LogP contribution is -2.34. The van der Waals surface area contributed by atoms with Crippen molar-refractivity contribution < 1.29 is 13.6 Å². The standard InChI is InChI=1S/C26H27FN4O2S/c1-4-30(19(3)20-10-12-22(27)13-11-20)24(32)17-34-26-29-28-25(21-8-5-7-18(2)15-21)31(26)16-23-9-6-14-33-23/h5-15,19H,4,16-17H2,1-3H3. The molecule has 8 heteroatoms. The molecule has 0 aliphatic carbocycles. The maximum Gasteiger partial charge on any atom is 0.233 e. The fourth-order valence-corrected chi connectivity index (χ4v) is 4.71. The van der Waals surface area contributed by atoms with Crippen LogP contribution in [-0.4, -0.2) is 37.9 Å². The minimum atomic E-state index is -0.291. The van der Waals surface area contributed by atoms with Crippen molar-refractivity contribution in [2.24, 2.45) is 0 Å². The summed E-state index contributed by atoms with van der Waals surface area (Å²) in [5, 5.41) is 9.47. The summed E-state index contributed by atoms with van der Waals surface area (Å²) < 4.78 is 20.9. The number of carbonyl (C=O) groups excluding carboxylic acids is 1. The zero-order valence-corrected chi connectivity index (χ0v) is 20.3. The first kappa shape index (κ1) is 23.8. The van der Waals surface area contributed by atoms with E-state index in [1.165, 1.54) is 23.9 Å². The molecule has 2 heterocycles. The highest BCUT2D eigenvalue weighted by Crippen LogP contribution is 2.27. The molecule has 1 unspecified atom stereocenters. The first-order valence-electron chi connectivity index (χ1n) is 11.2. The molecule has 0 aliphatic heterocycles. The van der Waals surface area contributed by atoms with Crippen LogP contribution in [0.5, 0.6) is 0 Å². The Morgan fingerprint density at radius 3 is 2.62 bits per heavy atom. The Labute approximate surface area is 202 Å². The molecular formula is C26H27FN4O2S. The van der Waals surface area contributed by atoms with Crippen LogP contribution in [-0.2, 0) is 11.3 Å². The summed E-state index contributed by atoms with van der Waals surface area (Å²) in [7, 11) is 0. The molecule has 0 spiro atoms. The number of rotatable bonds is 9. The van der Waals surface area contributed by atoms with Crippen LogP contribution in [0, 0.1) is 12.7 Å². The van der Waals surface area contributed by atoms with Crippen LogP contribution in [0.1, 0.15) is 36.8 Å². The first-order chi connectivity index (χ1) is 16.5. The van der Waals surface area contributed by atoms with Crippen molar-refractivity contribution in [2.75, 3.05) is 12.3 Å². The van der Waals surface area contributed by atoms with Crippen LogP contribution in [0.15, 0.2) is 76.5 Å². The zero-order chi connectivity index (χ0) is 24.1. The number of carbonyl (C=O) groups is 1. The highest BCUT2D eigenvalue weighted by molar-refractivity contribution is 7.99. The van der Waals surface area contributed by atoms with Gasteiger partial charge in [-0.1, -0.05) is 47.7 Å². The third-order valence-corrected chi connectivity index (χ3v) is 6.64. The maximum atomic E-state index is 13.3. The van der Waals surface area contributed by atoms with Crippen molar-refractivity contribution in [3.05, 3.63) is 89.6 Å². The van der Waals surface area contributed by atoms with E-state index in [4.69, 9.17) is 4.42 Å². The highest BCUT2D eigenvalue weighted by atomic mass is 32.2. The molecule has 1 atom stereocenters. The van der Waals surface area contributed by atoms with Crippen LogP contribution in [0.25, 0.3) is 11.4 Å². The van der Waals surface area contributed by atoms with E-state index < -0.39 is 0 Å². The third-order valence-electron chi connectivity index (χ3n) is 5.69. The summed E-state index contributed by atoms with van der Waals surface area (Å²) in [5.41, 5.74) is 2.98. The van der Waals surface area contributed by atoms with Gasteiger partial charge in [0.15, 0.2) is 11.0 Å². The largest absolute Gasteiger partial charge is 0.467 e. The van der Waals surface area contributed by atoms with Gasteiger partial charge in [-0.15, -0.1) is 10.2 Å². The van der Waals surface area contributed by atoms with Crippen LogP contribution < -0.4 is 0 Å². The van der Waals surface area contributed by atoms with Gasteiger partial charge in [0.1, 0.15) is 11.6 Å². The minimum Gasteiger partial charge on any atom is -0.467 e. The number of furan rings is 1. The van der Waals surface area contributed by atoms with Gasteiger partial charge < -0.3 is 9.32 Å². The Morgan fingerprint density at radius 1 is 1.15 bits per heavy atom. The molecule has 2 aromatic carbocycles. The monoisotopic (exact) mass is 478 g/mol. The van der Waals surface area contributed by atoms with Crippen molar-refractivity contribution in [1.29, 1.82) is 0 Å². The van der Waals surface area contributed by atoms with E-state index in [0.717, 1.165) is 28.3 Å². The topological polar surface area (TPSA) is 64.2 Å². The first-order valence-corrected chi connectivity index (χ1v) is 12.1. The summed E-state index contributed by atoms with van der Waals surface area (Å²) in [5.74, 6) is 1.41. The summed E-state index contributed by atoms with van der Waals surface area (Å²) >= 11 is 1.35. The van der Waals surface area contributed by atoms with E-state index in [1.54, 1.807) is 23.3 Å². The lowest BCUT2D eigenvalue weighted by Gasteiger charge is -2.28. The minimum absolute atomic E-state index is 0.0195. The quantitative estimate of drug-likeness (QED) is 0.287. The van der Waals surface area contributed by atoms with Gasteiger partial charge in [0.25, 0.3) is 0 Å². The van der Waals surface area contributed by atoms with Gasteiger partial charge in [-0.2, -0.15) is 0 Å². The van der Waals surface area contributed by atoms with Gasteiger partial charge in [0.2, 0.25) is 5.91 Å².